The first-order valence-corrected chi connectivity index (χ1v) is 7.26. The van der Waals surface area contributed by atoms with Gasteiger partial charge in [0.2, 0.25) is 0 Å². The van der Waals surface area contributed by atoms with Crippen LogP contribution in [0.15, 0.2) is 42.6 Å². The van der Waals surface area contributed by atoms with E-state index in [0.717, 1.165) is 5.69 Å². The summed E-state index contributed by atoms with van der Waals surface area (Å²) >= 11 is 0. The minimum absolute atomic E-state index is 0.139. The van der Waals surface area contributed by atoms with Crippen LogP contribution in [0.4, 0.5) is 0 Å². The van der Waals surface area contributed by atoms with Gasteiger partial charge in [-0.15, -0.1) is 0 Å². The third kappa shape index (κ3) is 2.63. The van der Waals surface area contributed by atoms with Crippen molar-refractivity contribution in [1.82, 2.24) is 4.98 Å². The maximum Gasteiger partial charge on any atom is 0.0702 e. The Morgan fingerprint density at radius 3 is 2.10 bits per heavy atom. The van der Waals surface area contributed by atoms with Crippen LogP contribution in [0, 0.1) is 12.3 Å². The van der Waals surface area contributed by atoms with Gasteiger partial charge in [-0.25, -0.2) is 0 Å². The lowest BCUT2D eigenvalue weighted by Gasteiger charge is -2.40. The molecule has 106 valence electrons. The van der Waals surface area contributed by atoms with Crippen molar-refractivity contribution in [2.24, 2.45) is 5.41 Å². The van der Waals surface area contributed by atoms with E-state index >= 15 is 0 Å². The molecule has 0 bridgehead atoms. The van der Waals surface area contributed by atoms with Crippen molar-refractivity contribution in [3.63, 3.8) is 0 Å². The molecule has 1 aromatic heterocycles. The molecule has 0 saturated heterocycles. The molecular weight excluding hydrogens is 242 g/mol. The van der Waals surface area contributed by atoms with E-state index in [1.54, 1.807) is 0 Å². The fourth-order valence-corrected chi connectivity index (χ4v) is 2.46. The Balaban J connectivity index is 2.47. The van der Waals surface area contributed by atoms with Gasteiger partial charge in [0.1, 0.15) is 0 Å². The summed E-state index contributed by atoms with van der Waals surface area (Å²) in [6, 6.07) is 12.8. The van der Waals surface area contributed by atoms with Crippen molar-refractivity contribution in [2.75, 3.05) is 0 Å². The van der Waals surface area contributed by atoms with Gasteiger partial charge in [0.25, 0.3) is 0 Å². The van der Waals surface area contributed by atoms with E-state index in [1.807, 2.05) is 18.3 Å². The Labute approximate surface area is 123 Å². The van der Waals surface area contributed by atoms with Crippen LogP contribution >= 0.6 is 0 Å². The smallest absolute Gasteiger partial charge is 0.0702 e. The lowest BCUT2D eigenvalue weighted by molar-refractivity contribution is 0.224. The van der Waals surface area contributed by atoms with E-state index in [0.29, 0.717) is 0 Å². The molecule has 0 saturated carbocycles. The Bertz CT molecular complexity index is 589. The Hall–Kier alpha value is -1.63. The van der Waals surface area contributed by atoms with Gasteiger partial charge in [-0.2, -0.15) is 0 Å². The van der Waals surface area contributed by atoms with E-state index in [4.69, 9.17) is 0 Å². The van der Waals surface area contributed by atoms with Crippen LogP contribution in [0.25, 0.3) is 11.3 Å². The number of pyridine rings is 1. The first kappa shape index (κ1) is 14.8. The molecule has 20 heavy (non-hydrogen) atoms. The molecule has 1 aromatic carbocycles. The highest BCUT2D eigenvalue weighted by Gasteiger charge is 2.35. The third-order valence-corrected chi connectivity index (χ3v) is 4.74. The van der Waals surface area contributed by atoms with E-state index in [-0.39, 0.29) is 10.8 Å². The number of benzene rings is 1. The maximum absolute atomic E-state index is 4.43. The van der Waals surface area contributed by atoms with Gasteiger partial charge in [-0.1, -0.05) is 52.8 Å². The van der Waals surface area contributed by atoms with Gasteiger partial charge in [-0.05, 0) is 47.1 Å². The van der Waals surface area contributed by atoms with E-state index < -0.39 is 0 Å². The molecule has 2 aromatic rings. The van der Waals surface area contributed by atoms with Crippen LogP contribution in [-0.2, 0) is 5.41 Å². The molecular formula is C19H25N. The molecule has 0 aliphatic carbocycles. The number of nitrogens with zero attached hydrogens (tertiary/aromatic N) is 1. The Morgan fingerprint density at radius 1 is 0.900 bits per heavy atom. The second-order valence-corrected chi connectivity index (χ2v) is 7.12. The standard InChI is InChI=1S/C19H25N/c1-14-13-15(17-9-7-8-12-20-17)10-11-16(14)19(5,6)18(2,3)4/h7-13H,1-6H3. The summed E-state index contributed by atoms with van der Waals surface area (Å²) in [6.07, 6.45) is 1.84. The zero-order chi connectivity index (χ0) is 15.0. The maximum atomic E-state index is 4.43. The minimum Gasteiger partial charge on any atom is -0.256 e. The summed E-state index contributed by atoms with van der Waals surface area (Å²) in [5.74, 6) is 0. The molecule has 2 rings (SSSR count). The third-order valence-electron chi connectivity index (χ3n) is 4.74. The quantitative estimate of drug-likeness (QED) is 0.711. The molecule has 0 N–H and O–H groups in total. The number of rotatable bonds is 2. The monoisotopic (exact) mass is 267 g/mol. The number of aryl methyl sites for hydroxylation is 1. The number of hydrogen-bond donors (Lipinski definition) is 0. The van der Waals surface area contributed by atoms with Crippen molar-refractivity contribution in [3.8, 4) is 11.3 Å². The Morgan fingerprint density at radius 2 is 1.60 bits per heavy atom. The molecule has 0 amide bonds. The summed E-state index contributed by atoms with van der Waals surface area (Å²) < 4.78 is 0. The largest absolute Gasteiger partial charge is 0.256 e. The predicted octanol–water partition coefficient (Wildman–Crippen LogP) is 5.38. The predicted molar refractivity (Wildman–Crippen MR) is 86.9 cm³/mol. The first-order valence-electron chi connectivity index (χ1n) is 7.26. The highest BCUT2D eigenvalue weighted by atomic mass is 14.7. The van der Waals surface area contributed by atoms with Crippen molar-refractivity contribution in [2.45, 2.75) is 47.0 Å². The van der Waals surface area contributed by atoms with Crippen LogP contribution in [0.3, 0.4) is 0 Å². The van der Waals surface area contributed by atoms with E-state index in [2.05, 4.69) is 70.8 Å². The van der Waals surface area contributed by atoms with Crippen molar-refractivity contribution in [3.05, 3.63) is 53.7 Å². The van der Waals surface area contributed by atoms with Crippen molar-refractivity contribution < 1.29 is 0 Å². The van der Waals surface area contributed by atoms with E-state index in [1.165, 1.54) is 16.7 Å². The summed E-state index contributed by atoms with van der Waals surface area (Å²) in [5, 5.41) is 0. The minimum atomic E-state index is 0.139. The van der Waals surface area contributed by atoms with Gasteiger partial charge in [0.15, 0.2) is 0 Å². The van der Waals surface area contributed by atoms with Crippen LogP contribution in [0.2, 0.25) is 0 Å². The molecule has 1 heteroatoms. The molecule has 1 nitrogen and oxygen atoms in total. The van der Waals surface area contributed by atoms with Crippen molar-refractivity contribution in [1.29, 1.82) is 0 Å². The van der Waals surface area contributed by atoms with Gasteiger partial charge in [0, 0.05) is 11.8 Å². The molecule has 0 atom stereocenters. The lowest BCUT2D eigenvalue weighted by atomic mass is 9.64. The fourth-order valence-electron chi connectivity index (χ4n) is 2.46. The fraction of sp³-hybridized carbons (Fsp3) is 0.421. The highest BCUT2D eigenvalue weighted by molar-refractivity contribution is 5.61. The first-order chi connectivity index (χ1) is 9.23. The average molecular weight is 267 g/mol. The normalized spacial score (nSPS) is 12.5. The topological polar surface area (TPSA) is 12.9 Å². The van der Waals surface area contributed by atoms with Crippen LogP contribution in [0.1, 0.15) is 45.7 Å². The molecule has 1 heterocycles. The van der Waals surface area contributed by atoms with Crippen LogP contribution in [-0.4, -0.2) is 4.98 Å². The second-order valence-electron chi connectivity index (χ2n) is 7.12. The summed E-state index contributed by atoms with van der Waals surface area (Å²) in [5.41, 5.74) is 5.36. The van der Waals surface area contributed by atoms with Crippen molar-refractivity contribution >= 4 is 0 Å². The Kier molecular flexibility index (Phi) is 3.73. The van der Waals surface area contributed by atoms with E-state index in [9.17, 15) is 0 Å². The summed E-state index contributed by atoms with van der Waals surface area (Å²) in [7, 11) is 0. The summed E-state index contributed by atoms with van der Waals surface area (Å²) in [6.45, 7) is 13.8. The van der Waals surface area contributed by atoms with Crippen LogP contribution in [0.5, 0.6) is 0 Å². The SMILES string of the molecule is Cc1cc(-c2ccccn2)ccc1C(C)(C)C(C)(C)C. The average Bonchev–Trinajstić information content (AvgIpc) is 2.38. The van der Waals surface area contributed by atoms with Gasteiger partial charge < -0.3 is 0 Å². The van der Waals surface area contributed by atoms with Gasteiger partial charge >= 0.3 is 0 Å². The zero-order valence-electron chi connectivity index (χ0n) is 13.5. The zero-order valence-corrected chi connectivity index (χ0v) is 13.5. The molecule has 0 radical (unpaired) electrons. The highest BCUT2D eigenvalue weighted by Crippen LogP contribution is 2.42. The van der Waals surface area contributed by atoms with Gasteiger partial charge in [0.05, 0.1) is 5.69 Å². The summed E-state index contributed by atoms with van der Waals surface area (Å²) in [4.78, 5) is 4.43. The van der Waals surface area contributed by atoms with Crippen LogP contribution < -0.4 is 0 Å². The molecule has 0 aliphatic heterocycles. The second kappa shape index (κ2) is 5.05. The molecule has 0 spiro atoms. The number of aromatic nitrogens is 1. The lowest BCUT2D eigenvalue weighted by Crippen LogP contribution is -2.34. The molecule has 0 fully saturated rings. The molecule has 0 unspecified atom stereocenters. The van der Waals surface area contributed by atoms with Gasteiger partial charge in [-0.3, -0.25) is 4.98 Å². The molecule has 0 aliphatic rings. The number of hydrogen-bond acceptors (Lipinski definition) is 1.